The van der Waals surface area contributed by atoms with Gasteiger partial charge in [0.15, 0.2) is 0 Å². The molecule has 90 valence electrons. The summed E-state index contributed by atoms with van der Waals surface area (Å²) >= 11 is 0. The standard InChI is InChI=1S/C13H23N3/c1-9-4-5-13(10(2)6-9)15-8-12-7-14-11(3)16-12/h7,9-10,13,15H,4-6,8H2,1-3H3,(H,14,16). The van der Waals surface area contributed by atoms with Gasteiger partial charge in [-0.3, -0.25) is 0 Å². The third-order valence-electron chi connectivity index (χ3n) is 3.74. The molecule has 0 radical (unpaired) electrons. The Labute approximate surface area is 98.1 Å². The zero-order valence-electron chi connectivity index (χ0n) is 10.6. The molecule has 0 amide bonds. The number of aromatic nitrogens is 2. The van der Waals surface area contributed by atoms with Gasteiger partial charge >= 0.3 is 0 Å². The summed E-state index contributed by atoms with van der Waals surface area (Å²) in [5.74, 6) is 2.71. The molecule has 2 rings (SSSR count). The molecule has 2 N–H and O–H groups in total. The normalized spacial score (nSPS) is 30.6. The fourth-order valence-electron chi connectivity index (χ4n) is 2.77. The fraction of sp³-hybridized carbons (Fsp3) is 0.769. The van der Waals surface area contributed by atoms with E-state index in [2.05, 4.69) is 29.1 Å². The highest BCUT2D eigenvalue weighted by atomic mass is 15.0. The Hall–Kier alpha value is -0.830. The topological polar surface area (TPSA) is 40.7 Å². The molecule has 0 spiro atoms. The molecule has 1 saturated carbocycles. The number of H-pyrrole nitrogens is 1. The van der Waals surface area contributed by atoms with Crippen molar-refractivity contribution in [3.63, 3.8) is 0 Å². The molecule has 0 bridgehead atoms. The van der Waals surface area contributed by atoms with Gasteiger partial charge in [-0.15, -0.1) is 0 Å². The van der Waals surface area contributed by atoms with E-state index in [1.807, 2.05) is 13.1 Å². The first-order valence-electron chi connectivity index (χ1n) is 6.39. The molecule has 0 aromatic carbocycles. The molecule has 3 atom stereocenters. The quantitative estimate of drug-likeness (QED) is 0.823. The zero-order chi connectivity index (χ0) is 11.5. The highest BCUT2D eigenvalue weighted by Gasteiger charge is 2.24. The van der Waals surface area contributed by atoms with Crippen molar-refractivity contribution in [3.8, 4) is 0 Å². The van der Waals surface area contributed by atoms with E-state index in [1.54, 1.807) is 0 Å². The summed E-state index contributed by atoms with van der Waals surface area (Å²) in [5.41, 5.74) is 1.20. The van der Waals surface area contributed by atoms with Crippen LogP contribution >= 0.6 is 0 Å². The summed E-state index contributed by atoms with van der Waals surface area (Å²) in [6.45, 7) is 7.65. The minimum atomic E-state index is 0.680. The van der Waals surface area contributed by atoms with E-state index >= 15 is 0 Å². The molecule has 1 aromatic rings. The predicted molar refractivity (Wildman–Crippen MR) is 66.1 cm³/mol. The van der Waals surface area contributed by atoms with Gasteiger partial charge in [-0.2, -0.15) is 0 Å². The van der Waals surface area contributed by atoms with Crippen LogP contribution in [0.15, 0.2) is 6.20 Å². The fourth-order valence-corrected chi connectivity index (χ4v) is 2.77. The largest absolute Gasteiger partial charge is 0.345 e. The van der Waals surface area contributed by atoms with Gasteiger partial charge < -0.3 is 10.3 Å². The molecular weight excluding hydrogens is 198 g/mol. The Morgan fingerprint density at radius 2 is 2.25 bits per heavy atom. The maximum Gasteiger partial charge on any atom is 0.103 e. The molecule has 1 heterocycles. The maximum atomic E-state index is 4.22. The SMILES string of the molecule is Cc1ncc(CNC2CCC(C)CC2C)[nH]1. The summed E-state index contributed by atoms with van der Waals surface area (Å²) in [7, 11) is 0. The first kappa shape index (κ1) is 11.6. The number of aromatic amines is 1. The van der Waals surface area contributed by atoms with Crippen LogP contribution in [-0.4, -0.2) is 16.0 Å². The van der Waals surface area contributed by atoms with Crippen LogP contribution in [0.1, 0.15) is 44.6 Å². The van der Waals surface area contributed by atoms with E-state index in [0.717, 1.165) is 24.2 Å². The number of nitrogens with zero attached hydrogens (tertiary/aromatic N) is 1. The summed E-state index contributed by atoms with van der Waals surface area (Å²) in [6.07, 6.45) is 5.97. The smallest absolute Gasteiger partial charge is 0.103 e. The van der Waals surface area contributed by atoms with Crippen LogP contribution in [0.3, 0.4) is 0 Å². The van der Waals surface area contributed by atoms with Gasteiger partial charge in [-0.1, -0.05) is 13.8 Å². The molecule has 3 heteroatoms. The average Bonchev–Trinajstić information content (AvgIpc) is 2.63. The monoisotopic (exact) mass is 221 g/mol. The highest BCUT2D eigenvalue weighted by molar-refractivity contribution is 5.00. The van der Waals surface area contributed by atoms with Crippen LogP contribution in [0.4, 0.5) is 0 Å². The summed E-state index contributed by atoms with van der Waals surface area (Å²) in [6, 6.07) is 0.680. The lowest BCUT2D eigenvalue weighted by atomic mass is 9.80. The first-order chi connectivity index (χ1) is 7.65. The number of hydrogen-bond acceptors (Lipinski definition) is 2. The van der Waals surface area contributed by atoms with Crippen LogP contribution in [-0.2, 0) is 6.54 Å². The molecule has 1 aliphatic rings. The molecule has 1 fully saturated rings. The second-order valence-corrected chi connectivity index (χ2v) is 5.38. The molecule has 1 aromatic heterocycles. The van der Waals surface area contributed by atoms with Crippen LogP contribution < -0.4 is 5.32 Å². The zero-order valence-corrected chi connectivity index (χ0v) is 10.6. The minimum absolute atomic E-state index is 0.680. The second kappa shape index (κ2) is 5.00. The van der Waals surface area contributed by atoms with Crippen molar-refractivity contribution in [2.24, 2.45) is 11.8 Å². The molecule has 0 aliphatic heterocycles. The maximum absolute atomic E-state index is 4.22. The predicted octanol–water partition coefficient (Wildman–Crippen LogP) is 2.63. The Bertz CT molecular complexity index is 332. The summed E-state index contributed by atoms with van der Waals surface area (Å²) < 4.78 is 0. The van der Waals surface area contributed by atoms with E-state index in [0.29, 0.717) is 6.04 Å². The van der Waals surface area contributed by atoms with Gasteiger partial charge in [-0.05, 0) is 38.0 Å². The summed E-state index contributed by atoms with van der Waals surface area (Å²) in [5, 5.41) is 3.65. The Morgan fingerprint density at radius 1 is 1.44 bits per heavy atom. The molecule has 3 nitrogen and oxygen atoms in total. The minimum Gasteiger partial charge on any atom is -0.345 e. The van der Waals surface area contributed by atoms with Crippen molar-refractivity contribution >= 4 is 0 Å². The first-order valence-corrected chi connectivity index (χ1v) is 6.39. The molecule has 0 saturated heterocycles. The van der Waals surface area contributed by atoms with Crippen molar-refractivity contribution in [3.05, 3.63) is 17.7 Å². The molecule has 1 aliphatic carbocycles. The second-order valence-electron chi connectivity index (χ2n) is 5.38. The van der Waals surface area contributed by atoms with Crippen LogP contribution in [0.25, 0.3) is 0 Å². The lowest BCUT2D eigenvalue weighted by Gasteiger charge is -2.33. The van der Waals surface area contributed by atoms with E-state index in [1.165, 1.54) is 25.0 Å². The molecule has 16 heavy (non-hydrogen) atoms. The average molecular weight is 221 g/mol. The van der Waals surface area contributed by atoms with Gasteiger partial charge in [0.2, 0.25) is 0 Å². The van der Waals surface area contributed by atoms with Crippen LogP contribution in [0, 0.1) is 18.8 Å². The van der Waals surface area contributed by atoms with Crippen LogP contribution in [0.5, 0.6) is 0 Å². The van der Waals surface area contributed by atoms with Gasteiger partial charge in [0.05, 0.1) is 0 Å². The Kier molecular flexibility index (Phi) is 3.64. The Morgan fingerprint density at radius 3 is 2.88 bits per heavy atom. The number of hydrogen-bond donors (Lipinski definition) is 2. The molecule has 3 unspecified atom stereocenters. The number of rotatable bonds is 3. The number of aryl methyl sites for hydroxylation is 1. The van der Waals surface area contributed by atoms with Gasteiger partial charge in [0, 0.05) is 24.5 Å². The number of nitrogens with one attached hydrogen (secondary N) is 2. The van der Waals surface area contributed by atoms with Crippen molar-refractivity contribution in [2.45, 2.75) is 52.6 Å². The van der Waals surface area contributed by atoms with E-state index in [4.69, 9.17) is 0 Å². The highest BCUT2D eigenvalue weighted by Crippen LogP contribution is 2.28. The van der Waals surface area contributed by atoms with Gasteiger partial charge in [0.25, 0.3) is 0 Å². The van der Waals surface area contributed by atoms with Crippen molar-refractivity contribution < 1.29 is 0 Å². The van der Waals surface area contributed by atoms with Gasteiger partial charge in [-0.25, -0.2) is 4.98 Å². The van der Waals surface area contributed by atoms with E-state index in [9.17, 15) is 0 Å². The van der Waals surface area contributed by atoms with Crippen molar-refractivity contribution in [1.82, 2.24) is 15.3 Å². The lowest BCUT2D eigenvalue weighted by molar-refractivity contribution is 0.227. The number of imidazole rings is 1. The lowest BCUT2D eigenvalue weighted by Crippen LogP contribution is -2.38. The summed E-state index contributed by atoms with van der Waals surface area (Å²) in [4.78, 5) is 7.48. The molecular formula is C13H23N3. The third-order valence-corrected chi connectivity index (χ3v) is 3.74. The van der Waals surface area contributed by atoms with Crippen molar-refractivity contribution in [2.75, 3.05) is 0 Å². The van der Waals surface area contributed by atoms with E-state index in [-0.39, 0.29) is 0 Å². The van der Waals surface area contributed by atoms with Gasteiger partial charge in [0.1, 0.15) is 5.82 Å². The Balaban J connectivity index is 1.81. The van der Waals surface area contributed by atoms with Crippen molar-refractivity contribution in [1.29, 1.82) is 0 Å². The van der Waals surface area contributed by atoms with E-state index < -0.39 is 0 Å². The van der Waals surface area contributed by atoms with Crippen LogP contribution in [0.2, 0.25) is 0 Å². The third kappa shape index (κ3) is 2.85.